The van der Waals surface area contributed by atoms with Crippen molar-refractivity contribution in [2.45, 2.75) is 40.5 Å². The van der Waals surface area contributed by atoms with E-state index < -0.39 is 0 Å². The molecule has 0 amide bonds. The Kier molecular flexibility index (Phi) is 4.74. The van der Waals surface area contributed by atoms with Crippen molar-refractivity contribution in [3.05, 3.63) is 16.1 Å². The van der Waals surface area contributed by atoms with E-state index in [0.29, 0.717) is 5.41 Å². The molecule has 0 fully saturated rings. The second kappa shape index (κ2) is 5.61. The smallest absolute Gasteiger partial charge is 0.0897 e. The first-order valence-corrected chi connectivity index (χ1v) is 6.53. The van der Waals surface area contributed by atoms with E-state index in [9.17, 15) is 0 Å². The summed E-state index contributed by atoms with van der Waals surface area (Å²) in [5.41, 5.74) is 1.60. The topological polar surface area (TPSA) is 24.9 Å². The molecule has 1 aromatic rings. The van der Waals surface area contributed by atoms with Crippen LogP contribution < -0.4 is 5.32 Å². The van der Waals surface area contributed by atoms with Gasteiger partial charge < -0.3 is 5.32 Å². The molecule has 0 aliphatic rings. The van der Waals surface area contributed by atoms with Gasteiger partial charge in [0.1, 0.15) is 0 Å². The van der Waals surface area contributed by atoms with E-state index in [2.05, 4.69) is 43.4 Å². The maximum absolute atomic E-state index is 4.52. The molecule has 0 bridgehead atoms. The number of nitrogens with zero attached hydrogens (tertiary/aromatic N) is 1. The van der Waals surface area contributed by atoms with Gasteiger partial charge in [-0.2, -0.15) is 0 Å². The molecule has 1 aromatic heterocycles. The lowest BCUT2D eigenvalue weighted by Crippen LogP contribution is -2.24. The third kappa shape index (κ3) is 4.76. The van der Waals surface area contributed by atoms with E-state index in [1.165, 1.54) is 17.1 Å². The van der Waals surface area contributed by atoms with Crippen molar-refractivity contribution < 1.29 is 0 Å². The second-order valence-corrected chi connectivity index (χ2v) is 5.86. The minimum Gasteiger partial charge on any atom is -0.317 e. The zero-order chi connectivity index (χ0) is 11.3. The van der Waals surface area contributed by atoms with Crippen molar-refractivity contribution in [2.24, 2.45) is 5.41 Å². The molecule has 0 unspecified atom stereocenters. The zero-order valence-corrected chi connectivity index (χ0v) is 11.1. The quantitative estimate of drug-likeness (QED) is 0.754. The minimum atomic E-state index is 0.350. The number of aryl methyl sites for hydroxylation is 1. The van der Waals surface area contributed by atoms with Gasteiger partial charge in [-0.05, 0) is 38.3 Å². The Hall–Kier alpha value is -0.410. The molecule has 0 radical (unpaired) electrons. The Labute approximate surface area is 97.1 Å². The van der Waals surface area contributed by atoms with Crippen LogP contribution in [0.25, 0.3) is 0 Å². The van der Waals surface area contributed by atoms with Crippen LogP contribution in [-0.2, 0) is 6.42 Å². The van der Waals surface area contributed by atoms with Crippen molar-refractivity contribution in [1.82, 2.24) is 10.3 Å². The Balaban J connectivity index is 2.41. The van der Waals surface area contributed by atoms with Gasteiger partial charge in [0, 0.05) is 5.38 Å². The maximum atomic E-state index is 4.52. The lowest BCUT2D eigenvalue weighted by molar-refractivity contribution is 0.324. The molecule has 0 aliphatic heterocycles. The summed E-state index contributed by atoms with van der Waals surface area (Å²) in [5.74, 6) is 0. The molecule has 1 rings (SSSR count). The molecule has 1 N–H and O–H groups in total. The third-order valence-corrected chi connectivity index (χ3v) is 3.38. The van der Waals surface area contributed by atoms with Gasteiger partial charge in [-0.15, -0.1) is 11.3 Å². The largest absolute Gasteiger partial charge is 0.317 e. The fraction of sp³-hybridized carbons (Fsp3) is 0.750. The number of hydrogen-bond acceptors (Lipinski definition) is 3. The summed E-state index contributed by atoms with van der Waals surface area (Å²) in [4.78, 5) is 4.52. The van der Waals surface area contributed by atoms with Gasteiger partial charge in [0.2, 0.25) is 0 Å². The van der Waals surface area contributed by atoms with Crippen LogP contribution in [0.3, 0.4) is 0 Å². The lowest BCUT2D eigenvalue weighted by atomic mass is 9.84. The van der Waals surface area contributed by atoms with Crippen molar-refractivity contribution >= 4 is 11.3 Å². The lowest BCUT2D eigenvalue weighted by Gasteiger charge is -2.23. The predicted octanol–water partition coefficient (Wildman–Crippen LogP) is 3.02. The number of hydrogen-bond donors (Lipinski definition) is 1. The highest BCUT2D eigenvalue weighted by Crippen LogP contribution is 2.25. The molecule has 0 saturated heterocycles. The highest BCUT2D eigenvalue weighted by molar-refractivity contribution is 7.09. The average Bonchev–Trinajstić information content (AvgIpc) is 2.50. The van der Waals surface area contributed by atoms with Gasteiger partial charge in [-0.3, -0.25) is 0 Å². The second-order valence-electron chi connectivity index (χ2n) is 4.80. The summed E-state index contributed by atoms with van der Waals surface area (Å²) < 4.78 is 0. The van der Waals surface area contributed by atoms with E-state index >= 15 is 0 Å². The summed E-state index contributed by atoms with van der Waals surface area (Å²) in [6.07, 6.45) is 2.29. The number of thiazole rings is 1. The van der Waals surface area contributed by atoms with E-state index in [0.717, 1.165) is 19.5 Å². The highest BCUT2D eigenvalue weighted by atomic mass is 32.1. The molecular formula is C12H22N2S. The monoisotopic (exact) mass is 226 g/mol. The normalized spacial score (nSPS) is 12.0. The Morgan fingerprint density at radius 3 is 2.73 bits per heavy atom. The van der Waals surface area contributed by atoms with Gasteiger partial charge in [0.15, 0.2) is 0 Å². The van der Waals surface area contributed by atoms with Crippen LogP contribution in [0.4, 0.5) is 0 Å². The third-order valence-electron chi connectivity index (χ3n) is 2.55. The SMILES string of the molecule is CCNCCC(C)(C)Cc1csc(C)n1. The van der Waals surface area contributed by atoms with Gasteiger partial charge in [-0.1, -0.05) is 20.8 Å². The Bertz CT molecular complexity index is 292. The molecule has 0 aliphatic carbocycles. The summed E-state index contributed by atoms with van der Waals surface area (Å²) in [7, 11) is 0. The van der Waals surface area contributed by atoms with Crippen LogP contribution in [-0.4, -0.2) is 18.1 Å². The Morgan fingerprint density at radius 2 is 2.20 bits per heavy atom. The van der Waals surface area contributed by atoms with Gasteiger partial charge in [0.05, 0.1) is 10.7 Å². The van der Waals surface area contributed by atoms with Crippen LogP contribution in [0.2, 0.25) is 0 Å². The van der Waals surface area contributed by atoms with Crippen molar-refractivity contribution in [2.75, 3.05) is 13.1 Å². The summed E-state index contributed by atoms with van der Waals surface area (Å²) >= 11 is 1.75. The first-order chi connectivity index (χ1) is 7.03. The average molecular weight is 226 g/mol. The molecule has 0 atom stereocenters. The maximum Gasteiger partial charge on any atom is 0.0897 e. The molecular weight excluding hydrogens is 204 g/mol. The Morgan fingerprint density at radius 1 is 1.47 bits per heavy atom. The summed E-state index contributed by atoms with van der Waals surface area (Å²) in [5, 5.41) is 6.74. The molecule has 15 heavy (non-hydrogen) atoms. The van der Waals surface area contributed by atoms with E-state index in [4.69, 9.17) is 0 Å². The fourth-order valence-electron chi connectivity index (χ4n) is 1.67. The predicted molar refractivity (Wildman–Crippen MR) is 67.5 cm³/mol. The molecule has 2 nitrogen and oxygen atoms in total. The molecule has 0 spiro atoms. The van der Waals surface area contributed by atoms with Crippen LogP contribution in [0.1, 0.15) is 37.9 Å². The number of aromatic nitrogens is 1. The first kappa shape index (κ1) is 12.7. The molecule has 0 aromatic carbocycles. The highest BCUT2D eigenvalue weighted by Gasteiger charge is 2.19. The summed E-state index contributed by atoms with van der Waals surface area (Å²) in [6.45, 7) is 11.0. The van der Waals surface area contributed by atoms with Crippen molar-refractivity contribution in [3.8, 4) is 0 Å². The standard InChI is InChI=1S/C12H22N2S/c1-5-13-7-6-12(3,4)8-11-9-15-10(2)14-11/h9,13H,5-8H2,1-4H3. The first-order valence-electron chi connectivity index (χ1n) is 5.65. The number of nitrogens with one attached hydrogen (secondary N) is 1. The molecule has 1 heterocycles. The van der Waals surface area contributed by atoms with E-state index in [-0.39, 0.29) is 0 Å². The van der Waals surface area contributed by atoms with Gasteiger partial charge in [-0.25, -0.2) is 4.98 Å². The number of rotatable bonds is 6. The van der Waals surface area contributed by atoms with E-state index in [1.54, 1.807) is 11.3 Å². The molecule has 0 saturated carbocycles. The molecule has 3 heteroatoms. The van der Waals surface area contributed by atoms with Gasteiger partial charge in [0.25, 0.3) is 0 Å². The summed E-state index contributed by atoms with van der Waals surface area (Å²) in [6, 6.07) is 0. The fourth-order valence-corrected chi connectivity index (χ4v) is 2.28. The van der Waals surface area contributed by atoms with E-state index in [1.807, 2.05) is 0 Å². The van der Waals surface area contributed by atoms with Crippen molar-refractivity contribution in [3.63, 3.8) is 0 Å². The van der Waals surface area contributed by atoms with Crippen LogP contribution in [0.5, 0.6) is 0 Å². The van der Waals surface area contributed by atoms with Crippen LogP contribution >= 0.6 is 11.3 Å². The van der Waals surface area contributed by atoms with Crippen LogP contribution in [0.15, 0.2) is 5.38 Å². The zero-order valence-electron chi connectivity index (χ0n) is 10.3. The minimum absolute atomic E-state index is 0.350. The molecule has 86 valence electrons. The van der Waals surface area contributed by atoms with Gasteiger partial charge >= 0.3 is 0 Å². The van der Waals surface area contributed by atoms with Crippen molar-refractivity contribution in [1.29, 1.82) is 0 Å². The van der Waals surface area contributed by atoms with Crippen LogP contribution in [0, 0.1) is 12.3 Å².